The molecule has 28 heavy (non-hydrogen) atoms. The second-order valence-corrected chi connectivity index (χ2v) is 8.13. The van der Waals surface area contributed by atoms with E-state index in [9.17, 15) is 4.79 Å². The van der Waals surface area contributed by atoms with Crippen LogP contribution in [0.3, 0.4) is 0 Å². The molecule has 1 N–H and O–H groups in total. The number of hydrogen-bond donors (Lipinski definition) is 1. The number of benzene rings is 1. The van der Waals surface area contributed by atoms with Crippen molar-refractivity contribution >= 4 is 39.9 Å². The summed E-state index contributed by atoms with van der Waals surface area (Å²) in [5.74, 6) is 0.761. The summed E-state index contributed by atoms with van der Waals surface area (Å²) in [5, 5.41) is 13.2. The molecule has 1 atom stereocenters. The van der Waals surface area contributed by atoms with Gasteiger partial charge >= 0.3 is 0 Å². The molecule has 3 heterocycles. The lowest BCUT2D eigenvalue weighted by molar-refractivity contribution is -0.120. The zero-order valence-corrected chi connectivity index (χ0v) is 17.0. The average Bonchev–Trinajstić information content (AvgIpc) is 3.13. The Morgan fingerprint density at radius 3 is 2.71 bits per heavy atom. The molecule has 144 valence electrons. The Morgan fingerprint density at radius 1 is 1.21 bits per heavy atom. The summed E-state index contributed by atoms with van der Waals surface area (Å²) in [6, 6.07) is 13.3. The van der Waals surface area contributed by atoms with Crippen LogP contribution in [0.15, 0.2) is 42.5 Å². The van der Waals surface area contributed by atoms with Crippen molar-refractivity contribution in [2.24, 2.45) is 5.92 Å². The molecule has 1 unspecified atom stereocenters. The van der Waals surface area contributed by atoms with Crippen LogP contribution in [0.5, 0.6) is 0 Å². The smallest absolute Gasteiger partial charge is 0.229 e. The van der Waals surface area contributed by atoms with E-state index in [4.69, 9.17) is 11.6 Å². The highest BCUT2D eigenvalue weighted by Gasteiger charge is 2.27. The number of carbonyl (C=O) groups excluding carboxylic acids is 1. The molecule has 2 aromatic heterocycles. The lowest BCUT2D eigenvalue weighted by Crippen LogP contribution is -2.41. The first kappa shape index (κ1) is 18.8. The van der Waals surface area contributed by atoms with Gasteiger partial charge in [0.2, 0.25) is 5.91 Å². The fourth-order valence-electron chi connectivity index (χ4n) is 3.31. The van der Waals surface area contributed by atoms with Gasteiger partial charge in [-0.15, -0.1) is 10.2 Å². The second kappa shape index (κ2) is 8.24. The van der Waals surface area contributed by atoms with E-state index in [0.29, 0.717) is 11.6 Å². The Morgan fingerprint density at radius 2 is 2.04 bits per heavy atom. The van der Waals surface area contributed by atoms with Crippen molar-refractivity contribution in [3.63, 3.8) is 0 Å². The topological polar surface area (TPSA) is 71.0 Å². The third kappa shape index (κ3) is 4.31. The molecule has 1 fully saturated rings. The number of carbonyl (C=O) groups is 1. The summed E-state index contributed by atoms with van der Waals surface area (Å²) in [6.07, 6.45) is 1.82. The minimum Gasteiger partial charge on any atom is -0.354 e. The number of piperidine rings is 1. The van der Waals surface area contributed by atoms with E-state index in [-0.39, 0.29) is 11.8 Å². The van der Waals surface area contributed by atoms with Gasteiger partial charge in [0.25, 0.3) is 0 Å². The third-order valence-corrected chi connectivity index (χ3v) is 5.83. The normalized spacial score (nSPS) is 16.8. The van der Waals surface area contributed by atoms with Crippen LogP contribution in [0, 0.1) is 12.8 Å². The van der Waals surface area contributed by atoms with Crippen molar-refractivity contribution < 1.29 is 4.79 Å². The fraction of sp³-hybridized carbons (Fsp3) is 0.300. The van der Waals surface area contributed by atoms with Gasteiger partial charge in [-0.1, -0.05) is 23.7 Å². The Labute approximate surface area is 172 Å². The quantitative estimate of drug-likeness (QED) is 0.685. The lowest BCUT2D eigenvalue weighted by atomic mass is 9.97. The molecule has 0 saturated carbocycles. The summed E-state index contributed by atoms with van der Waals surface area (Å²) in [5.41, 5.74) is 2.69. The van der Waals surface area contributed by atoms with Crippen LogP contribution in [0.2, 0.25) is 5.02 Å². The second-order valence-electron chi connectivity index (χ2n) is 6.89. The molecular weight excluding hydrogens is 394 g/mol. The van der Waals surface area contributed by atoms with Crippen molar-refractivity contribution in [1.29, 1.82) is 0 Å². The van der Waals surface area contributed by atoms with E-state index >= 15 is 0 Å². The summed E-state index contributed by atoms with van der Waals surface area (Å²) in [6.45, 7) is 3.43. The zero-order valence-electron chi connectivity index (χ0n) is 15.4. The van der Waals surface area contributed by atoms with Crippen molar-refractivity contribution in [2.75, 3.05) is 23.3 Å². The van der Waals surface area contributed by atoms with Gasteiger partial charge in [-0.25, -0.2) is 0 Å². The van der Waals surface area contributed by atoms with Gasteiger partial charge in [0.05, 0.1) is 17.3 Å². The van der Waals surface area contributed by atoms with Gasteiger partial charge in [0.15, 0.2) is 5.82 Å². The van der Waals surface area contributed by atoms with Crippen molar-refractivity contribution in [1.82, 2.24) is 14.6 Å². The molecule has 0 radical (unpaired) electrons. The number of aryl methyl sites for hydroxylation is 1. The number of aromatic nitrogens is 3. The maximum atomic E-state index is 12.6. The summed E-state index contributed by atoms with van der Waals surface area (Å²) in [4.78, 5) is 14.7. The maximum Gasteiger partial charge on any atom is 0.229 e. The first-order valence-electron chi connectivity index (χ1n) is 9.17. The molecule has 4 rings (SSSR count). The highest BCUT2D eigenvalue weighted by atomic mass is 35.5. The number of rotatable bonds is 4. The Bertz CT molecular complexity index is 957. The Balaban J connectivity index is 1.42. The summed E-state index contributed by atoms with van der Waals surface area (Å²) < 4.78 is 4.21. The van der Waals surface area contributed by atoms with Crippen molar-refractivity contribution in [3.05, 3.63) is 53.2 Å². The van der Waals surface area contributed by atoms with Crippen LogP contribution in [-0.4, -0.2) is 33.6 Å². The average molecular weight is 414 g/mol. The largest absolute Gasteiger partial charge is 0.354 e. The SMILES string of the molecule is Cc1cc(NC(=O)C2CCCN(c3ccc(-c4ccc(Cl)cc4)nn3)C2)sn1. The molecule has 1 aromatic carbocycles. The predicted octanol–water partition coefficient (Wildman–Crippen LogP) is 4.42. The Kier molecular flexibility index (Phi) is 5.54. The monoisotopic (exact) mass is 413 g/mol. The zero-order chi connectivity index (χ0) is 19.5. The molecule has 8 heteroatoms. The number of nitrogens with one attached hydrogen (secondary N) is 1. The molecule has 0 spiro atoms. The van der Waals surface area contributed by atoms with Crippen LogP contribution >= 0.6 is 23.1 Å². The highest BCUT2D eigenvalue weighted by Crippen LogP contribution is 2.25. The number of amides is 1. The van der Waals surface area contributed by atoms with E-state index in [0.717, 1.165) is 47.2 Å². The van der Waals surface area contributed by atoms with E-state index in [1.807, 2.05) is 49.4 Å². The molecule has 3 aromatic rings. The van der Waals surface area contributed by atoms with Crippen LogP contribution in [0.1, 0.15) is 18.5 Å². The molecule has 6 nitrogen and oxygen atoms in total. The lowest BCUT2D eigenvalue weighted by Gasteiger charge is -2.32. The number of nitrogens with zero attached hydrogens (tertiary/aromatic N) is 4. The molecule has 1 saturated heterocycles. The first-order valence-corrected chi connectivity index (χ1v) is 10.3. The van der Waals surface area contributed by atoms with Crippen LogP contribution in [-0.2, 0) is 4.79 Å². The molecule has 0 aliphatic carbocycles. The predicted molar refractivity (Wildman–Crippen MR) is 113 cm³/mol. The van der Waals surface area contributed by atoms with Crippen LogP contribution < -0.4 is 10.2 Å². The minimum absolute atomic E-state index is 0.0408. The van der Waals surface area contributed by atoms with Gasteiger partial charge in [0.1, 0.15) is 5.00 Å². The molecule has 0 bridgehead atoms. The van der Waals surface area contributed by atoms with Gasteiger partial charge in [0, 0.05) is 23.7 Å². The third-order valence-electron chi connectivity index (χ3n) is 4.78. The van der Waals surface area contributed by atoms with E-state index in [2.05, 4.69) is 24.8 Å². The Hall–Kier alpha value is -2.51. The maximum absolute atomic E-state index is 12.6. The van der Waals surface area contributed by atoms with Gasteiger partial charge in [-0.2, -0.15) is 4.37 Å². The van der Waals surface area contributed by atoms with Gasteiger partial charge in [-0.05, 0) is 61.6 Å². The summed E-state index contributed by atoms with van der Waals surface area (Å²) >= 11 is 7.25. The van der Waals surface area contributed by atoms with Crippen molar-refractivity contribution in [2.45, 2.75) is 19.8 Å². The number of hydrogen-bond acceptors (Lipinski definition) is 6. The standard InChI is InChI=1S/C20H20ClN5OS/c1-13-11-19(28-25-13)22-20(27)15-3-2-10-26(12-15)18-9-8-17(23-24-18)14-4-6-16(21)7-5-14/h4-9,11,15H,2-3,10,12H2,1H3,(H,22,27). The van der Waals surface area contributed by atoms with Crippen molar-refractivity contribution in [3.8, 4) is 11.3 Å². The molecular formula is C20H20ClN5OS. The van der Waals surface area contributed by atoms with Crippen LogP contribution in [0.4, 0.5) is 10.8 Å². The van der Waals surface area contributed by atoms with Crippen LogP contribution in [0.25, 0.3) is 11.3 Å². The molecule has 1 amide bonds. The molecule has 1 aliphatic heterocycles. The summed E-state index contributed by atoms with van der Waals surface area (Å²) in [7, 11) is 0. The van der Waals surface area contributed by atoms with Gasteiger partial charge < -0.3 is 10.2 Å². The van der Waals surface area contributed by atoms with E-state index < -0.39 is 0 Å². The first-order chi connectivity index (χ1) is 13.6. The fourth-order valence-corrected chi connectivity index (χ4v) is 4.10. The molecule has 1 aliphatic rings. The van der Waals surface area contributed by atoms with Gasteiger partial charge in [-0.3, -0.25) is 4.79 Å². The van der Waals surface area contributed by atoms with E-state index in [1.54, 1.807) is 0 Å². The minimum atomic E-state index is -0.0751. The van der Waals surface area contributed by atoms with E-state index in [1.165, 1.54) is 11.5 Å². The number of anilines is 2. The highest BCUT2D eigenvalue weighted by molar-refractivity contribution is 7.10. The number of halogens is 1.